The van der Waals surface area contributed by atoms with Crippen LogP contribution in [0.2, 0.25) is 0 Å². The first-order chi connectivity index (χ1) is 8.58. The van der Waals surface area contributed by atoms with Gasteiger partial charge in [0.1, 0.15) is 16.2 Å². The molecule has 0 fully saturated rings. The molecule has 5 nitrogen and oxygen atoms in total. The lowest BCUT2D eigenvalue weighted by atomic mass is 10.2. The van der Waals surface area contributed by atoms with E-state index in [9.17, 15) is 9.59 Å². The van der Waals surface area contributed by atoms with Crippen LogP contribution in [-0.2, 0) is 0 Å². The Hall–Kier alpha value is -2.21. The van der Waals surface area contributed by atoms with Crippen molar-refractivity contribution in [3.63, 3.8) is 0 Å². The molecule has 92 valence electrons. The van der Waals surface area contributed by atoms with Crippen molar-refractivity contribution < 1.29 is 19.4 Å². The Balaban J connectivity index is 2.19. The molecule has 0 radical (unpaired) electrons. The predicted octanol–water partition coefficient (Wildman–Crippen LogP) is 2.37. The van der Waals surface area contributed by atoms with Crippen molar-refractivity contribution in [3.05, 3.63) is 46.5 Å². The molecule has 0 aliphatic rings. The number of aromatic nitrogens is 1. The smallest absolute Gasteiger partial charge is 0.356 e. The molecule has 1 aromatic carbocycles. The third kappa shape index (κ3) is 2.54. The Bertz CT molecular complexity index is 588. The molecule has 1 aromatic heterocycles. The van der Waals surface area contributed by atoms with Gasteiger partial charge in [0.25, 0.3) is 0 Å². The van der Waals surface area contributed by atoms with E-state index in [0.29, 0.717) is 5.75 Å². The number of rotatable bonds is 3. The van der Waals surface area contributed by atoms with Crippen LogP contribution >= 0.6 is 11.5 Å². The number of carbonyl (C=O) groups excluding carboxylic acids is 1. The number of carbonyl (C=O) groups is 2. The Morgan fingerprint density at radius 2 is 1.94 bits per heavy atom. The van der Waals surface area contributed by atoms with Crippen molar-refractivity contribution in [3.8, 4) is 5.75 Å². The van der Waals surface area contributed by atoms with Gasteiger partial charge in [-0.25, -0.2) is 9.59 Å². The molecule has 6 heteroatoms. The maximum absolute atomic E-state index is 11.8. The normalized spacial score (nSPS) is 10.1. The minimum atomic E-state index is -1.19. The summed E-state index contributed by atoms with van der Waals surface area (Å²) in [7, 11) is 0. The minimum absolute atomic E-state index is 0.0110. The first-order valence-electron chi connectivity index (χ1n) is 5.05. The molecule has 0 saturated carbocycles. The van der Waals surface area contributed by atoms with Crippen LogP contribution in [0.15, 0.2) is 30.5 Å². The van der Waals surface area contributed by atoms with Gasteiger partial charge in [0.05, 0.1) is 6.20 Å². The molecule has 0 aliphatic carbocycles. The number of ether oxygens (including phenoxy) is 1. The number of benzene rings is 1. The molecule has 0 spiro atoms. The maximum atomic E-state index is 11.8. The average Bonchev–Trinajstić information content (AvgIpc) is 2.81. The Morgan fingerprint density at radius 3 is 2.56 bits per heavy atom. The van der Waals surface area contributed by atoms with Crippen molar-refractivity contribution in [2.75, 3.05) is 0 Å². The van der Waals surface area contributed by atoms with E-state index in [-0.39, 0.29) is 10.4 Å². The summed E-state index contributed by atoms with van der Waals surface area (Å²) in [6, 6.07) is 6.89. The zero-order valence-corrected chi connectivity index (χ0v) is 10.2. The molecule has 2 rings (SSSR count). The van der Waals surface area contributed by atoms with E-state index >= 15 is 0 Å². The van der Waals surface area contributed by atoms with Crippen LogP contribution < -0.4 is 4.74 Å². The highest BCUT2D eigenvalue weighted by Gasteiger charge is 2.21. The largest absolute Gasteiger partial charge is 0.478 e. The van der Waals surface area contributed by atoms with E-state index in [2.05, 4.69) is 4.37 Å². The number of carboxylic acid groups (broad SMARTS) is 1. The van der Waals surface area contributed by atoms with Gasteiger partial charge in [-0.15, -0.1) is 0 Å². The van der Waals surface area contributed by atoms with E-state index in [0.717, 1.165) is 23.3 Å². The molecule has 1 N–H and O–H groups in total. The van der Waals surface area contributed by atoms with Gasteiger partial charge in [-0.1, -0.05) is 17.7 Å². The molecule has 0 saturated heterocycles. The lowest BCUT2D eigenvalue weighted by molar-refractivity contribution is 0.0671. The quantitative estimate of drug-likeness (QED) is 0.679. The number of esters is 1. The van der Waals surface area contributed by atoms with Gasteiger partial charge in [0.2, 0.25) is 0 Å². The van der Waals surface area contributed by atoms with Crippen LogP contribution in [0.5, 0.6) is 5.75 Å². The first-order valence-corrected chi connectivity index (χ1v) is 5.82. The molecular formula is C12H9NO4S. The van der Waals surface area contributed by atoms with Crippen molar-refractivity contribution in [1.82, 2.24) is 4.37 Å². The Kier molecular flexibility index (Phi) is 3.38. The molecule has 0 aliphatic heterocycles. The number of hydrogen-bond acceptors (Lipinski definition) is 5. The highest BCUT2D eigenvalue weighted by molar-refractivity contribution is 7.08. The van der Waals surface area contributed by atoms with Gasteiger partial charge in [-0.2, -0.15) is 4.37 Å². The average molecular weight is 263 g/mol. The second-order valence-electron chi connectivity index (χ2n) is 3.58. The third-order valence-electron chi connectivity index (χ3n) is 2.22. The van der Waals surface area contributed by atoms with Crippen molar-refractivity contribution >= 4 is 23.5 Å². The summed E-state index contributed by atoms with van der Waals surface area (Å²) in [5.74, 6) is -1.53. The van der Waals surface area contributed by atoms with Crippen LogP contribution in [-0.4, -0.2) is 21.4 Å². The molecule has 18 heavy (non-hydrogen) atoms. The number of nitrogens with zero attached hydrogens (tertiary/aromatic N) is 1. The minimum Gasteiger partial charge on any atom is -0.478 e. The predicted molar refractivity (Wildman–Crippen MR) is 65.2 cm³/mol. The molecule has 0 unspecified atom stereocenters. The third-order valence-corrected chi connectivity index (χ3v) is 3.00. The van der Waals surface area contributed by atoms with Crippen molar-refractivity contribution in [1.29, 1.82) is 0 Å². The van der Waals surface area contributed by atoms with E-state index in [1.807, 2.05) is 6.92 Å². The van der Waals surface area contributed by atoms with Gasteiger partial charge in [-0.3, -0.25) is 0 Å². The van der Waals surface area contributed by atoms with Crippen LogP contribution in [0.1, 0.15) is 25.6 Å². The van der Waals surface area contributed by atoms with Gasteiger partial charge in [0, 0.05) is 0 Å². The zero-order valence-electron chi connectivity index (χ0n) is 9.41. The lowest BCUT2D eigenvalue weighted by Gasteiger charge is -2.03. The van der Waals surface area contributed by atoms with Crippen LogP contribution in [0, 0.1) is 6.92 Å². The number of aromatic carboxylic acids is 1. The summed E-state index contributed by atoms with van der Waals surface area (Å²) < 4.78 is 8.75. The van der Waals surface area contributed by atoms with E-state index < -0.39 is 11.9 Å². The number of aryl methyl sites for hydroxylation is 1. The maximum Gasteiger partial charge on any atom is 0.356 e. The monoisotopic (exact) mass is 263 g/mol. The zero-order chi connectivity index (χ0) is 13.1. The van der Waals surface area contributed by atoms with Crippen LogP contribution in [0.3, 0.4) is 0 Å². The molecule has 0 bridgehead atoms. The van der Waals surface area contributed by atoms with Crippen LogP contribution in [0.4, 0.5) is 0 Å². The second-order valence-corrected chi connectivity index (χ2v) is 4.38. The standard InChI is InChI=1S/C12H9NO4S/c1-7-2-4-8(5-3-7)17-12(16)10-9(11(14)15)6-13-18-10/h2-6H,1H3,(H,14,15). The molecule has 1 heterocycles. The fourth-order valence-electron chi connectivity index (χ4n) is 1.30. The molecule has 0 amide bonds. The van der Waals surface area contributed by atoms with Crippen molar-refractivity contribution in [2.24, 2.45) is 0 Å². The van der Waals surface area contributed by atoms with Crippen molar-refractivity contribution in [2.45, 2.75) is 6.92 Å². The Morgan fingerprint density at radius 1 is 1.28 bits per heavy atom. The summed E-state index contributed by atoms with van der Waals surface area (Å²) in [6.07, 6.45) is 1.14. The summed E-state index contributed by atoms with van der Waals surface area (Å²) in [4.78, 5) is 22.6. The fraction of sp³-hybridized carbons (Fsp3) is 0.0833. The summed E-state index contributed by atoms with van der Waals surface area (Å²) in [5.41, 5.74) is 0.899. The highest BCUT2D eigenvalue weighted by atomic mass is 32.1. The summed E-state index contributed by atoms with van der Waals surface area (Å²) in [5, 5.41) is 8.86. The molecular weight excluding hydrogens is 254 g/mol. The lowest BCUT2D eigenvalue weighted by Crippen LogP contribution is -2.11. The van der Waals surface area contributed by atoms with Gasteiger partial charge >= 0.3 is 11.9 Å². The van der Waals surface area contributed by atoms with E-state index in [4.69, 9.17) is 9.84 Å². The second kappa shape index (κ2) is 4.97. The van der Waals surface area contributed by atoms with Gasteiger partial charge < -0.3 is 9.84 Å². The molecule has 2 aromatic rings. The number of carboxylic acids is 1. The van der Waals surface area contributed by atoms with E-state index in [1.165, 1.54) is 0 Å². The summed E-state index contributed by atoms with van der Waals surface area (Å²) >= 11 is 0.803. The first kappa shape index (κ1) is 12.3. The Labute approximate surface area is 107 Å². The molecule has 0 atom stereocenters. The van der Waals surface area contributed by atoms with Gasteiger partial charge in [-0.05, 0) is 30.6 Å². The van der Waals surface area contributed by atoms with Crippen LogP contribution in [0.25, 0.3) is 0 Å². The summed E-state index contributed by atoms with van der Waals surface area (Å²) in [6.45, 7) is 1.91. The van der Waals surface area contributed by atoms with E-state index in [1.54, 1.807) is 24.3 Å². The number of hydrogen-bond donors (Lipinski definition) is 1. The highest BCUT2D eigenvalue weighted by Crippen LogP contribution is 2.18. The van der Waals surface area contributed by atoms with Gasteiger partial charge in [0.15, 0.2) is 0 Å². The topological polar surface area (TPSA) is 76.5 Å². The fourth-order valence-corrected chi connectivity index (χ4v) is 1.92. The SMILES string of the molecule is Cc1ccc(OC(=O)c2sncc2C(=O)O)cc1.